The third-order valence-electron chi connectivity index (χ3n) is 6.37. The Kier molecular flexibility index (Phi) is 4.36. The molecule has 2 aliphatic heterocycles. The van der Waals surface area contributed by atoms with Gasteiger partial charge in [-0.15, -0.1) is 0 Å². The molecule has 2 bridgehead atoms. The molecule has 0 aromatic heterocycles. The van der Waals surface area contributed by atoms with Crippen molar-refractivity contribution in [3.63, 3.8) is 0 Å². The van der Waals surface area contributed by atoms with E-state index < -0.39 is 46.2 Å². The Hall–Kier alpha value is -3.80. The van der Waals surface area contributed by atoms with E-state index >= 15 is 0 Å². The fourth-order valence-corrected chi connectivity index (χ4v) is 4.65. The van der Waals surface area contributed by atoms with Crippen molar-refractivity contribution in [3.8, 4) is 18.2 Å². The number of rotatable bonds is 2. The van der Waals surface area contributed by atoms with Crippen molar-refractivity contribution < 1.29 is 18.3 Å². The lowest BCUT2D eigenvalue weighted by Crippen LogP contribution is -2.57. The Balaban J connectivity index is 2.06. The van der Waals surface area contributed by atoms with E-state index in [1.54, 1.807) is 31.2 Å². The van der Waals surface area contributed by atoms with Crippen LogP contribution in [-0.2, 0) is 15.3 Å². The Morgan fingerprint density at radius 1 is 1.00 bits per heavy atom. The van der Waals surface area contributed by atoms with Crippen LogP contribution in [0.3, 0.4) is 0 Å². The molecule has 6 nitrogen and oxygen atoms in total. The first-order valence-corrected chi connectivity index (χ1v) is 9.44. The molecule has 4 atom stereocenters. The van der Waals surface area contributed by atoms with Gasteiger partial charge in [0.15, 0.2) is 5.41 Å². The molecule has 4 rings (SSSR count). The van der Waals surface area contributed by atoms with Crippen molar-refractivity contribution in [1.82, 2.24) is 0 Å². The minimum Gasteiger partial charge on any atom is -0.443 e. The largest absolute Gasteiger partial charge is 0.443 e. The average Bonchev–Trinajstić information content (AvgIpc) is 2.91. The second-order valence-electron chi connectivity index (χ2n) is 7.80. The van der Waals surface area contributed by atoms with E-state index in [2.05, 4.69) is 0 Å². The number of nitrogens with one attached hydrogen (secondary N) is 1. The number of halogens is 2. The molecule has 2 aromatic rings. The van der Waals surface area contributed by atoms with Gasteiger partial charge in [-0.2, -0.15) is 15.8 Å². The molecule has 31 heavy (non-hydrogen) atoms. The predicted molar refractivity (Wildman–Crippen MR) is 103 cm³/mol. The highest BCUT2D eigenvalue weighted by molar-refractivity contribution is 5.89. The monoisotopic (exact) mass is 418 g/mol. The third-order valence-corrected chi connectivity index (χ3v) is 6.37. The lowest BCUT2D eigenvalue weighted by atomic mass is 9.53. The molecular formula is C23H16F2N4O2. The van der Waals surface area contributed by atoms with Crippen LogP contribution in [0, 0.1) is 74.7 Å². The van der Waals surface area contributed by atoms with Gasteiger partial charge < -0.3 is 9.47 Å². The highest BCUT2D eigenvalue weighted by atomic mass is 19.1. The molecule has 2 aliphatic rings. The number of ether oxygens (including phenoxy) is 2. The summed E-state index contributed by atoms with van der Waals surface area (Å²) in [5.41, 5.74) is -3.25. The van der Waals surface area contributed by atoms with Crippen LogP contribution in [0.15, 0.2) is 42.5 Å². The average molecular weight is 418 g/mol. The van der Waals surface area contributed by atoms with Crippen molar-refractivity contribution >= 4 is 5.90 Å². The molecule has 154 valence electrons. The Labute approximate surface area is 177 Å². The van der Waals surface area contributed by atoms with Crippen LogP contribution in [0.2, 0.25) is 0 Å². The van der Waals surface area contributed by atoms with Crippen LogP contribution in [0.1, 0.15) is 29.7 Å². The summed E-state index contributed by atoms with van der Waals surface area (Å²) in [5.74, 6) is -5.16. The molecule has 2 fully saturated rings. The van der Waals surface area contributed by atoms with E-state index in [1.807, 2.05) is 25.1 Å². The molecule has 0 amide bonds. The number of hydrogen-bond acceptors (Lipinski definition) is 6. The molecular weight excluding hydrogens is 402 g/mol. The summed E-state index contributed by atoms with van der Waals surface area (Å²) in [6, 6.07) is 15.2. The quantitative estimate of drug-likeness (QED) is 0.777. The van der Waals surface area contributed by atoms with Crippen molar-refractivity contribution in [2.45, 2.75) is 25.7 Å². The summed E-state index contributed by atoms with van der Waals surface area (Å²) in [6.07, 6.45) is -1.62. The van der Waals surface area contributed by atoms with E-state index in [9.17, 15) is 24.6 Å². The van der Waals surface area contributed by atoms with Crippen molar-refractivity contribution in [2.75, 3.05) is 0 Å². The van der Waals surface area contributed by atoms with Crippen molar-refractivity contribution in [3.05, 3.63) is 70.8 Å². The predicted octanol–water partition coefficient (Wildman–Crippen LogP) is 4.38. The molecule has 1 N–H and O–H groups in total. The van der Waals surface area contributed by atoms with E-state index in [1.165, 1.54) is 0 Å². The summed E-state index contributed by atoms with van der Waals surface area (Å²) in [6.45, 7) is 3.43. The maximum absolute atomic E-state index is 14.8. The van der Waals surface area contributed by atoms with E-state index in [4.69, 9.17) is 14.9 Å². The number of nitrogens with zero attached hydrogens (tertiary/aromatic N) is 3. The van der Waals surface area contributed by atoms with Crippen LogP contribution < -0.4 is 0 Å². The first kappa shape index (κ1) is 20.5. The summed E-state index contributed by atoms with van der Waals surface area (Å²) in [4.78, 5) is 0. The van der Waals surface area contributed by atoms with E-state index in [0.717, 1.165) is 17.7 Å². The maximum atomic E-state index is 14.8. The summed E-state index contributed by atoms with van der Waals surface area (Å²) in [5, 5.41) is 38.9. The molecule has 2 aromatic carbocycles. The van der Waals surface area contributed by atoms with E-state index in [-0.39, 0.29) is 5.56 Å². The van der Waals surface area contributed by atoms with Gasteiger partial charge in [0.25, 0.3) is 0 Å². The normalized spacial score (nSPS) is 30.5. The van der Waals surface area contributed by atoms with Gasteiger partial charge >= 0.3 is 0 Å². The van der Waals surface area contributed by atoms with Crippen LogP contribution in [-0.4, -0.2) is 5.90 Å². The van der Waals surface area contributed by atoms with Gasteiger partial charge in [-0.25, -0.2) is 8.78 Å². The Morgan fingerprint density at radius 3 is 2.19 bits per heavy atom. The Morgan fingerprint density at radius 2 is 1.65 bits per heavy atom. The van der Waals surface area contributed by atoms with Crippen molar-refractivity contribution in [1.29, 1.82) is 21.2 Å². The smallest absolute Gasteiger partial charge is 0.244 e. The number of benzene rings is 2. The van der Waals surface area contributed by atoms with Crippen LogP contribution >= 0.6 is 0 Å². The second kappa shape index (κ2) is 6.60. The minimum absolute atomic E-state index is 0.272. The fraction of sp³-hybridized carbons (Fsp3) is 0.304. The molecule has 0 radical (unpaired) electrons. The highest BCUT2D eigenvalue weighted by Crippen LogP contribution is 2.69. The maximum Gasteiger partial charge on any atom is 0.244 e. The lowest BCUT2D eigenvalue weighted by molar-refractivity contribution is -0.289. The fourth-order valence-electron chi connectivity index (χ4n) is 4.65. The SMILES string of the molecule is Cc1ccc(C23OC(=N)C(C#N)(C2C)C(C#N)(C#N)C(c2ccc(F)cc2F)O3)cc1. The van der Waals surface area contributed by atoms with Gasteiger partial charge in [0.2, 0.25) is 17.1 Å². The highest BCUT2D eigenvalue weighted by Gasteiger charge is 2.79. The van der Waals surface area contributed by atoms with Gasteiger partial charge in [0.1, 0.15) is 17.7 Å². The summed E-state index contributed by atoms with van der Waals surface area (Å²) >= 11 is 0. The number of fused-ring (bicyclic) bond motifs is 2. The van der Waals surface area contributed by atoms with Crippen molar-refractivity contribution in [2.24, 2.45) is 16.7 Å². The van der Waals surface area contributed by atoms with Gasteiger partial charge in [-0.3, -0.25) is 5.41 Å². The first-order chi connectivity index (χ1) is 14.7. The zero-order valence-electron chi connectivity index (χ0n) is 16.6. The number of nitriles is 3. The first-order valence-electron chi connectivity index (χ1n) is 9.44. The van der Waals surface area contributed by atoms with Crippen LogP contribution in [0.5, 0.6) is 0 Å². The van der Waals surface area contributed by atoms with Gasteiger partial charge in [0, 0.05) is 17.2 Å². The number of hydrogen-bond donors (Lipinski definition) is 1. The molecule has 0 aliphatic carbocycles. The third kappa shape index (κ3) is 2.33. The Bertz CT molecular complexity index is 1210. The minimum atomic E-state index is -2.32. The second-order valence-corrected chi connectivity index (χ2v) is 7.80. The van der Waals surface area contributed by atoms with Crippen LogP contribution in [0.4, 0.5) is 8.78 Å². The summed E-state index contributed by atoms with van der Waals surface area (Å²) < 4.78 is 40.4. The lowest BCUT2D eigenvalue weighted by Gasteiger charge is -2.48. The van der Waals surface area contributed by atoms with Gasteiger partial charge in [-0.05, 0) is 13.0 Å². The van der Waals surface area contributed by atoms with E-state index in [0.29, 0.717) is 11.6 Å². The van der Waals surface area contributed by atoms with Gasteiger partial charge in [-0.1, -0.05) is 42.8 Å². The molecule has 0 spiro atoms. The topological polar surface area (TPSA) is 114 Å². The molecule has 2 heterocycles. The number of aryl methyl sites for hydroxylation is 1. The van der Waals surface area contributed by atoms with Gasteiger partial charge in [0.05, 0.1) is 24.1 Å². The molecule has 2 saturated heterocycles. The molecule has 8 heteroatoms. The zero-order valence-corrected chi connectivity index (χ0v) is 16.6. The van der Waals surface area contributed by atoms with Crippen LogP contribution in [0.25, 0.3) is 0 Å². The standard InChI is InChI=1S/C23H16F2N4O2/c1-13-3-5-15(6-4-13)23-14(2)22(12-28,20(29)31-23)21(10-26,11-27)19(30-23)17-8-7-16(24)9-18(17)25/h3-9,14,19,29H,1-2H3. The molecule has 4 unspecified atom stereocenters. The zero-order chi connectivity index (χ0) is 22.6. The summed E-state index contributed by atoms with van der Waals surface area (Å²) in [7, 11) is 0. The molecule has 0 saturated carbocycles.